The van der Waals surface area contributed by atoms with Crippen LogP contribution in [0.4, 0.5) is 4.39 Å². The van der Waals surface area contributed by atoms with E-state index in [4.69, 9.17) is 11.6 Å². The molecule has 2 heterocycles. The molecule has 1 N–H and O–H groups in total. The van der Waals surface area contributed by atoms with Crippen molar-refractivity contribution in [2.45, 2.75) is 18.9 Å². The molecule has 0 radical (unpaired) electrons. The summed E-state index contributed by atoms with van der Waals surface area (Å²) in [5, 5.41) is 17.4. The number of phenolic OH excluding ortho intramolecular Hbond substituents is 1. The van der Waals surface area contributed by atoms with E-state index >= 15 is 0 Å². The van der Waals surface area contributed by atoms with E-state index in [1.165, 1.54) is 0 Å². The highest BCUT2D eigenvalue weighted by Crippen LogP contribution is 2.31. The molecule has 1 saturated heterocycles. The summed E-state index contributed by atoms with van der Waals surface area (Å²) in [6, 6.07) is 2.17. The molecule has 1 aromatic heterocycles. The van der Waals surface area contributed by atoms with Crippen LogP contribution in [0.1, 0.15) is 29.2 Å². The molecule has 0 atom stereocenters. The molecular weight excluding hydrogens is 311 g/mol. The van der Waals surface area contributed by atoms with Gasteiger partial charge in [0.15, 0.2) is 0 Å². The molecule has 116 valence electrons. The number of aromatic nitrogens is 3. The van der Waals surface area contributed by atoms with Crippen LogP contribution in [-0.4, -0.2) is 44.0 Å². The predicted molar refractivity (Wildman–Crippen MR) is 77.3 cm³/mol. The smallest absolute Gasteiger partial charge is 0.257 e. The molecule has 0 bridgehead atoms. The monoisotopic (exact) mass is 324 g/mol. The van der Waals surface area contributed by atoms with Crippen LogP contribution in [0.15, 0.2) is 24.5 Å². The lowest BCUT2D eigenvalue weighted by atomic mass is 10.0. The third-order valence-electron chi connectivity index (χ3n) is 3.83. The highest BCUT2D eigenvalue weighted by atomic mass is 35.5. The number of piperidine rings is 1. The standard InChI is InChI=1S/C14H14ClFN4O2/c15-12-8-9(16)7-11(13(12)21)14(22)19-4-1-10(2-5-19)20-6-3-17-18-20/h3,6-8,10,21H,1-2,4-5H2. The fourth-order valence-corrected chi connectivity index (χ4v) is 2.85. The van der Waals surface area contributed by atoms with Crippen molar-refractivity contribution in [3.8, 4) is 5.75 Å². The Morgan fingerprint density at radius 1 is 1.36 bits per heavy atom. The van der Waals surface area contributed by atoms with Crippen molar-refractivity contribution in [2.75, 3.05) is 13.1 Å². The Morgan fingerprint density at radius 3 is 2.73 bits per heavy atom. The van der Waals surface area contributed by atoms with Crippen LogP contribution < -0.4 is 0 Å². The SMILES string of the molecule is O=C(c1cc(F)cc(Cl)c1O)N1CCC(n2ccnn2)CC1. The van der Waals surface area contributed by atoms with E-state index < -0.39 is 11.7 Å². The van der Waals surface area contributed by atoms with Crippen molar-refractivity contribution in [1.29, 1.82) is 0 Å². The predicted octanol–water partition coefficient (Wildman–Crippen LogP) is 2.25. The fourth-order valence-electron chi connectivity index (χ4n) is 2.64. The van der Waals surface area contributed by atoms with Gasteiger partial charge in [0.2, 0.25) is 0 Å². The van der Waals surface area contributed by atoms with Gasteiger partial charge in [-0.15, -0.1) is 5.10 Å². The quantitative estimate of drug-likeness (QED) is 0.919. The number of hydrogen-bond donors (Lipinski definition) is 1. The minimum absolute atomic E-state index is 0.107. The highest BCUT2D eigenvalue weighted by molar-refractivity contribution is 6.32. The number of phenols is 1. The molecule has 1 amide bonds. The molecule has 6 nitrogen and oxygen atoms in total. The lowest BCUT2D eigenvalue weighted by Gasteiger charge is -2.32. The number of hydrogen-bond acceptors (Lipinski definition) is 4. The van der Waals surface area contributed by atoms with Gasteiger partial charge in [0.1, 0.15) is 11.6 Å². The van der Waals surface area contributed by atoms with Crippen molar-refractivity contribution < 1.29 is 14.3 Å². The minimum atomic E-state index is -0.649. The van der Waals surface area contributed by atoms with Gasteiger partial charge in [0.05, 0.1) is 22.8 Å². The van der Waals surface area contributed by atoms with E-state index in [0.29, 0.717) is 13.1 Å². The summed E-state index contributed by atoms with van der Waals surface area (Å²) in [5.41, 5.74) is -0.107. The Balaban J connectivity index is 1.72. The van der Waals surface area contributed by atoms with E-state index in [2.05, 4.69) is 10.3 Å². The van der Waals surface area contributed by atoms with Crippen molar-refractivity contribution in [2.24, 2.45) is 0 Å². The molecule has 1 aliphatic heterocycles. The van der Waals surface area contributed by atoms with Crippen LogP contribution in [-0.2, 0) is 0 Å². The van der Waals surface area contributed by atoms with Gasteiger partial charge in [0.25, 0.3) is 5.91 Å². The fraction of sp³-hybridized carbons (Fsp3) is 0.357. The zero-order chi connectivity index (χ0) is 15.7. The first-order valence-corrected chi connectivity index (χ1v) is 7.27. The Bertz CT molecular complexity index is 684. The topological polar surface area (TPSA) is 71.2 Å². The van der Waals surface area contributed by atoms with E-state index in [9.17, 15) is 14.3 Å². The maximum atomic E-state index is 13.4. The zero-order valence-electron chi connectivity index (χ0n) is 11.6. The first-order chi connectivity index (χ1) is 10.6. The van der Waals surface area contributed by atoms with Crippen molar-refractivity contribution >= 4 is 17.5 Å². The number of carbonyl (C=O) groups is 1. The summed E-state index contributed by atoms with van der Waals surface area (Å²) in [7, 11) is 0. The van der Waals surface area contributed by atoms with Crippen molar-refractivity contribution in [3.05, 3.63) is 40.9 Å². The van der Waals surface area contributed by atoms with Crippen LogP contribution in [0.2, 0.25) is 5.02 Å². The number of carbonyl (C=O) groups excluding carboxylic acids is 1. The summed E-state index contributed by atoms with van der Waals surface area (Å²) in [6.07, 6.45) is 4.85. The molecule has 0 aliphatic carbocycles. The second kappa shape index (κ2) is 5.92. The molecule has 1 fully saturated rings. The Labute approximate surface area is 131 Å². The largest absolute Gasteiger partial charge is 0.506 e. The lowest BCUT2D eigenvalue weighted by Crippen LogP contribution is -2.39. The van der Waals surface area contributed by atoms with Crippen LogP contribution in [0.3, 0.4) is 0 Å². The lowest BCUT2D eigenvalue weighted by molar-refractivity contribution is 0.0685. The normalized spacial score (nSPS) is 16.0. The van der Waals surface area contributed by atoms with Gasteiger partial charge < -0.3 is 10.0 Å². The maximum absolute atomic E-state index is 13.4. The van der Waals surface area contributed by atoms with Crippen LogP contribution in [0.5, 0.6) is 5.75 Å². The Morgan fingerprint density at radius 2 is 2.09 bits per heavy atom. The average Bonchev–Trinajstić information content (AvgIpc) is 3.05. The molecule has 0 saturated carbocycles. The van der Waals surface area contributed by atoms with Gasteiger partial charge in [-0.25, -0.2) is 9.07 Å². The second-order valence-corrected chi connectivity index (χ2v) is 5.60. The number of likely N-dealkylation sites (tertiary alicyclic amines) is 1. The molecule has 8 heteroatoms. The zero-order valence-corrected chi connectivity index (χ0v) is 12.4. The van der Waals surface area contributed by atoms with Gasteiger partial charge in [-0.3, -0.25) is 4.79 Å². The maximum Gasteiger partial charge on any atom is 0.257 e. The number of aromatic hydroxyl groups is 1. The molecule has 1 aromatic carbocycles. The van der Waals surface area contributed by atoms with Gasteiger partial charge in [0, 0.05) is 19.3 Å². The van der Waals surface area contributed by atoms with Crippen LogP contribution in [0.25, 0.3) is 0 Å². The first kappa shape index (κ1) is 14.8. The van der Waals surface area contributed by atoms with Gasteiger partial charge in [-0.1, -0.05) is 16.8 Å². The number of rotatable bonds is 2. The van der Waals surface area contributed by atoms with Crippen molar-refractivity contribution in [3.63, 3.8) is 0 Å². The molecule has 0 unspecified atom stereocenters. The number of halogens is 2. The van der Waals surface area contributed by atoms with Gasteiger partial charge >= 0.3 is 0 Å². The Kier molecular flexibility index (Phi) is 3.98. The van der Waals surface area contributed by atoms with Gasteiger partial charge in [-0.2, -0.15) is 0 Å². The Hall–Kier alpha value is -2.15. The van der Waals surface area contributed by atoms with Crippen LogP contribution in [0, 0.1) is 5.82 Å². The number of nitrogens with zero attached hydrogens (tertiary/aromatic N) is 4. The second-order valence-electron chi connectivity index (χ2n) is 5.19. The van der Waals surface area contributed by atoms with E-state index in [-0.39, 0.29) is 22.4 Å². The van der Waals surface area contributed by atoms with E-state index in [1.54, 1.807) is 22.0 Å². The summed E-state index contributed by atoms with van der Waals surface area (Å²) >= 11 is 5.71. The summed E-state index contributed by atoms with van der Waals surface area (Å²) in [4.78, 5) is 14.0. The minimum Gasteiger partial charge on any atom is -0.506 e. The highest BCUT2D eigenvalue weighted by Gasteiger charge is 2.27. The molecule has 0 spiro atoms. The summed E-state index contributed by atoms with van der Waals surface area (Å²) in [5.74, 6) is -1.45. The molecule has 3 rings (SSSR count). The third kappa shape index (κ3) is 2.76. The number of amides is 1. The number of benzene rings is 1. The third-order valence-corrected chi connectivity index (χ3v) is 4.11. The molecule has 2 aromatic rings. The summed E-state index contributed by atoms with van der Waals surface area (Å²) < 4.78 is 15.2. The van der Waals surface area contributed by atoms with E-state index in [1.807, 2.05) is 0 Å². The van der Waals surface area contributed by atoms with Gasteiger partial charge in [-0.05, 0) is 25.0 Å². The van der Waals surface area contributed by atoms with Crippen molar-refractivity contribution in [1.82, 2.24) is 19.9 Å². The average molecular weight is 325 g/mol. The first-order valence-electron chi connectivity index (χ1n) is 6.89. The summed E-state index contributed by atoms with van der Waals surface area (Å²) in [6.45, 7) is 0.994. The molecule has 1 aliphatic rings. The van der Waals surface area contributed by atoms with Crippen LogP contribution >= 0.6 is 11.6 Å². The molecule has 22 heavy (non-hydrogen) atoms. The molecular formula is C14H14ClFN4O2. The van der Waals surface area contributed by atoms with E-state index in [0.717, 1.165) is 25.0 Å².